The highest BCUT2D eigenvalue weighted by atomic mass is 16.2. The number of aromatic nitrogens is 1. The molecule has 6 heteroatoms. The van der Waals surface area contributed by atoms with Crippen molar-refractivity contribution in [3.8, 4) is 0 Å². The van der Waals surface area contributed by atoms with Crippen molar-refractivity contribution in [3.63, 3.8) is 0 Å². The van der Waals surface area contributed by atoms with Crippen LogP contribution in [0.3, 0.4) is 0 Å². The van der Waals surface area contributed by atoms with Crippen molar-refractivity contribution in [2.45, 2.75) is 32.7 Å². The summed E-state index contributed by atoms with van der Waals surface area (Å²) >= 11 is 0. The molecule has 0 bridgehead atoms. The van der Waals surface area contributed by atoms with Gasteiger partial charge in [0.25, 0.3) is 5.56 Å². The molecule has 2 aliphatic rings. The second-order valence-corrected chi connectivity index (χ2v) is 6.50. The number of piperidine rings is 1. The van der Waals surface area contributed by atoms with Gasteiger partial charge in [-0.25, -0.2) is 0 Å². The van der Waals surface area contributed by atoms with Gasteiger partial charge in [0, 0.05) is 38.4 Å². The maximum atomic E-state index is 12.7. The first-order chi connectivity index (χ1) is 11.1. The minimum absolute atomic E-state index is 0.0431. The van der Waals surface area contributed by atoms with E-state index >= 15 is 0 Å². The standard InChI is InChI=1S/C17H23N3O3/c1-2-18-10-5-7-17(16(18)23)8-11-20(13-17)15(22)12-19-9-4-3-6-14(19)21/h3-4,6,9H,2,5,7-8,10-13H2,1H3/t17-/m1/s1. The van der Waals surface area contributed by atoms with Crippen molar-refractivity contribution >= 4 is 11.8 Å². The molecule has 0 saturated carbocycles. The number of nitrogens with zero attached hydrogens (tertiary/aromatic N) is 3. The average Bonchev–Trinajstić information content (AvgIpc) is 2.98. The summed E-state index contributed by atoms with van der Waals surface area (Å²) < 4.78 is 1.41. The molecule has 0 radical (unpaired) electrons. The summed E-state index contributed by atoms with van der Waals surface area (Å²) in [4.78, 5) is 40.6. The fourth-order valence-corrected chi connectivity index (χ4v) is 3.75. The Balaban J connectivity index is 1.70. The Labute approximate surface area is 135 Å². The predicted octanol–water partition coefficient (Wildman–Crippen LogP) is 0.709. The van der Waals surface area contributed by atoms with Crippen LogP contribution in [0.1, 0.15) is 26.2 Å². The first-order valence-corrected chi connectivity index (χ1v) is 8.28. The van der Waals surface area contributed by atoms with E-state index in [0.29, 0.717) is 13.1 Å². The Morgan fingerprint density at radius 1 is 1.22 bits per heavy atom. The summed E-state index contributed by atoms with van der Waals surface area (Å²) in [5.74, 6) is 0.107. The third-order valence-corrected chi connectivity index (χ3v) is 5.12. The Hall–Kier alpha value is -2.11. The monoisotopic (exact) mass is 317 g/mol. The molecule has 2 fully saturated rings. The van der Waals surface area contributed by atoms with E-state index in [1.165, 1.54) is 10.6 Å². The van der Waals surface area contributed by atoms with Crippen LogP contribution >= 0.6 is 0 Å². The number of rotatable bonds is 3. The number of carbonyl (C=O) groups excluding carboxylic acids is 2. The normalized spacial score (nSPS) is 24.5. The van der Waals surface area contributed by atoms with Crippen molar-refractivity contribution < 1.29 is 9.59 Å². The van der Waals surface area contributed by atoms with Crippen LogP contribution in [0.5, 0.6) is 0 Å². The van der Waals surface area contributed by atoms with Crippen LogP contribution in [0.15, 0.2) is 29.2 Å². The molecule has 0 N–H and O–H groups in total. The van der Waals surface area contributed by atoms with Crippen LogP contribution < -0.4 is 5.56 Å². The molecule has 2 aliphatic heterocycles. The minimum Gasteiger partial charge on any atom is -0.342 e. The van der Waals surface area contributed by atoms with Gasteiger partial charge in [0.05, 0.1) is 5.41 Å². The Morgan fingerprint density at radius 2 is 2.04 bits per heavy atom. The molecule has 1 spiro atoms. The molecule has 23 heavy (non-hydrogen) atoms. The van der Waals surface area contributed by atoms with Crippen LogP contribution in [0.2, 0.25) is 0 Å². The number of likely N-dealkylation sites (tertiary alicyclic amines) is 2. The van der Waals surface area contributed by atoms with Crippen molar-refractivity contribution in [1.82, 2.24) is 14.4 Å². The zero-order chi connectivity index (χ0) is 16.4. The third-order valence-electron chi connectivity index (χ3n) is 5.12. The topological polar surface area (TPSA) is 62.6 Å². The first kappa shape index (κ1) is 15.8. The Kier molecular flexibility index (Phi) is 4.24. The quantitative estimate of drug-likeness (QED) is 0.825. The summed E-state index contributed by atoms with van der Waals surface area (Å²) in [5.41, 5.74) is -0.577. The minimum atomic E-state index is -0.397. The highest BCUT2D eigenvalue weighted by molar-refractivity contribution is 5.86. The molecule has 0 aliphatic carbocycles. The number of amides is 2. The van der Waals surface area contributed by atoms with E-state index in [2.05, 4.69) is 0 Å². The number of pyridine rings is 1. The zero-order valence-corrected chi connectivity index (χ0v) is 13.5. The van der Waals surface area contributed by atoms with Gasteiger partial charge in [-0.15, -0.1) is 0 Å². The van der Waals surface area contributed by atoms with Gasteiger partial charge in [-0.05, 0) is 32.3 Å². The molecule has 1 aromatic rings. The second-order valence-electron chi connectivity index (χ2n) is 6.50. The molecular weight excluding hydrogens is 294 g/mol. The molecule has 124 valence electrons. The average molecular weight is 317 g/mol. The number of hydrogen-bond donors (Lipinski definition) is 0. The van der Waals surface area contributed by atoms with Gasteiger partial charge in [-0.1, -0.05) is 6.07 Å². The molecule has 3 rings (SSSR count). The molecule has 1 atom stereocenters. The van der Waals surface area contributed by atoms with Crippen molar-refractivity contribution in [3.05, 3.63) is 34.7 Å². The van der Waals surface area contributed by atoms with Crippen molar-refractivity contribution in [1.29, 1.82) is 0 Å². The molecule has 2 amide bonds. The van der Waals surface area contributed by atoms with Gasteiger partial charge in [-0.2, -0.15) is 0 Å². The van der Waals surface area contributed by atoms with Gasteiger partial charge < -0.3 is 14.4 Å². The summed E-state index contributed by atoms with van der Waals surface area (Å²) in [6, 6.07) is 4.85. The summed E-state index contributed by atoms with van der Waals surface area (Å²) in [5, 5.41) is 0. The summed E-state index contributed by atoms with van der Waals surface area (Å²) in [6.45, 7) is 4.68. The van der Waals surface area contributed by atoms with Crippen molar-refractivity contribution in [2.24, 2.45) is 5.41 Å². The zero-order valence-electron chi connectivity index (χ0n) is 13.5. The van der Waals surface area contributed by atoms with E-state index in [-0.39, 0.29) is 23.9 Å². The van der Waals surface area contributed by atoms with Gasteiger partial charge in [0.2, 0.25) is 11.8 Å². The highest BCUT2D eigenvalue weighted by Crippen LogP contribution is 2.40. The first-order valence-electron chi connectivity index (χ1n) is 8.28. The largest absolute Gasteiger partial charge is 0.342 e. The van der Waals surface area contributed by atoms with Crippen LogP contribution in [-0.2, 0) is 16.1 Å². The molecule has 6 nitrogen and oxygen atoms in total. The highest BCUT2D eigenvalue weighted by Gasteiger charge is 2.48. The Bertz CT molecular complexity index is 669. The lowest BCUT2D eigenvalue weighted by atomic mass is 9.78. The van der Waals surface area contributed by atoms with E-state index in [0.717, 1.165) is 32.4 Å². The molecule has 3 heterocycles. The third kappa shape index (κ3) is 2.90. The van der Waals surface area contributed by atoms with E-state index in [1.807, 2.05) is 11.8 Å². The van der Waals surface area contributed by atoms with Gasteiger partial charge in [-0.3, -0.25) is 14.4 Å². The van der Waals surface area contributed by atoms with E-state index in [1.54, 1.807) is 23.2 Å². The maximum absolute atomic E-state index is 12.7. The molecular formula is C17H23N3O3. The SMILES string of the molecule is CCN1CCC[C@]2(CCN(C(=O)Cn3ccccc3=O)C2)C1=O. The fourth-order valence-electron chi connectivity index (χ4n) is 3.75. The van der Waals surface area contributed by atoms with Crippen LogP contribution in [0, 0.1) is 5.41 Å². The Morgan fingerprint density at radius 3 is 2.78 bits per heavy atom. The lowest BCUT2D eigenvalue weighted by Gasteiger charge is -2.38. The van der Waals surface area contributed by atoms with Crippen LogP contribution in [0.25, 0.3) is 0 Å². The fraction of sp³-hybridized carbons (Fsp3) is 0.588. The predicted molar refractivity (Wildman–Crippen MR) is 85.8 cm³/mol. The van der Waals surface area contributed by atoms with Crippen LogP contribution in [-0.4, -0.2) is 52.4 Å². The van der Waals surface area contributed by atoms with E-state index in [4.69, 9.17) is 0 Å². The lowest BCUT2D eigenvalue weighted by Crippen LogP contribution is -2.50. The molecule has 0 unspecified atom stereocenters. The van der Waals surface area contributed by atoms with Crippen molar-refractivity contribution in [2.75, 3.05) is 26.2 Å². The van der Waals surface area contributed by atoms with Crippen LogP contribution in [0.4, 0.5) is 0 Å². The summed E-state index contributed by atoms with van der Waals surface area (Å²) in [7, 11) is 0. The van der Waals surface area contributed by atoms with Gasteiger partial charge in [0.1, 0.15) is 6.54 Å². The number of hydrogen-bond acceptors (Lipinski definition) is 3. The maximum Gasteiger partial charge on any atom is 0.250 e. The molecule has 1 aromatic heterocycles. The summed E-state index contributed by atoms with van der Waals surface area (Å²) in [6.07, 6.45) is 4.21. The molecule has 0 aromatic carbocycles. The second kappa shape index (κ2) is 6.18. The number of carbonyl (C=O) groups is 2. The van der Waals surface area contributed by atoms with E-state index < -0.39 is 5.41 Å². The van der Waals surface area contributed by atoms with E-state index in [9.17, 15) is 14.4 Å². The smallest absolute Gasteiger partial charge is 0.250 e. The van der Waals surface area contributed by atoms with Gasteiger partial charge >= 0.3 is 0 Å². The lowest BCUT2D eigenvalue weighted by molar-refractivity contribution is -0.145. The molecule has 2 saturated heterocycles. The van der Waals surface area contributed by atoms with Gasteiger partial charge in [0.15, 0.2) is 0 Å².